The van der Waals surface area contributed by atoms with E-state index in [1.54, 1.807) is 12.3 Å². The number of aryl methyl sites for hydroxylation is 1. The topological polar surface area (TPSA) is 51.2 Å². The summed E-state index contributed by atoms with van der Waals surface area (Å²) in [6, 6.07) is 16.8. The average Bonchev–Trinajstić information content (AvgIpc) is 2.50. The Hall–Kier alpha value is -2.88. The highest BCUT2D eigenvalue weighted by molar-refractivity contribution is 5.91. The molecule has 0 saturated carbocycles. The van der Waals surface area contributed by atoms with Crippen LogP contribution in [0.2, 0.25) is 0 Å². The first kappa shape index (κ1) is 13.1. The number of hydrogen-bond donors (Lipinski definition) is 1. The second-order valence-corrected chi connectivity index (χ2v) is 4.66. The van der Waals surface area contributed by atoms with E-state index in [-0.39, 0.29) is 0 Å². The largest absolute Gasteiger partial charge is 0.417 e. The van der Waals surface area contributed by atoms with E-state index >= 15 is 0 Å². The van der Waals surface area contributed by atoms with Crippen molar-refractivity contribution in [2.45, 2.75) is 6.92 Å². The lowest BCUT2D eigenvalue weighted by atomic mass is 10.2. The summed E-state index contributed by atoms with van der Waals surface area (Å²) in [4.78, 5) is 16.3. The number of amides is 1. The lowest BCUT2D eigenvalue weighted by molar-refractivity contribution is 0.215. The van der Waals surface area contributed by atoms with Gasteiger partial charge in [0.25, 0.3) is 0 Å². The first-order valence-electron chi connectivity index (χ1n) is 6.62. The number of rotatable bonds is 2. The van der Waals surface area contributed by atoms with Gasteiger partial charge >= 0.3 is 6.09 Å². The maximum atomic E-state index is 12.0. The van der Waals surface area contributed by atoms with Crippen LogP contribution in [0.4, 0.5) is 10.5 Å². The van der Waals surface area contributed by atoms with Crippen molar-refractivity contribution >= 4 is 22.7 Å². The Labute approximate surface area is 122 Å². The van der Waals surface area contributed by atoms with E-state index in [4.69, 9.17) is 4.74 Å². The third kappa shape index (κ3) is 2.84. The number of carbonyl (C=O) groups is 1. The van der Waals surface area contributed by atoms with Crippen molar-refractivity contribution in [3.63, 3.8) is 0 Å². The number of carbonyl (C=O) groups excluding carboxylic acids is 1. The van der Waals surface area contributed by atoms with Crippen molar-refractivity contribution < 1.29 is 9.53 Å². The molecule has 0 aliphatic rings. The summed E-state index contributed by atoms with van der Waals surface area (Å²) < 4.78 is 5.40. The van der Waals surface area contributed by atoms with Crippen molar-refractivity contribution in [3.8, 4) is 5.75 Å². The Balaban J connectivity index is 1.82. The molecule has 0 spiro atoms. The summed E-state index contributed by atoms with van der Waals surface area (Å²) in [5.41, 5.74) is 2.51. The second kappa shape index (κ2) is 5.63. The van der Waals surface area contributed by atoms with Crippen LogP contribution >= 0.6 is 0 Å². The fourth-order valence-electron chi connectivity index (χ4n) is 2.11. The van der Waals surface area contributed by atoms with Crippen LogP contribution in [0, 0.1) is 6.92 Å². The Kier molecular flexibility index (Phi) is 3.51. The van der Waals surface area contributed by atoms with Gasteiger partial charge in [-0.05, 0) is 36.8 Å². The number of benzene rings is 2. The zero-order valence-electron chi connectivity index (χ0n) is 11.5. The summed E-state index contributed by atoms with van der Waals surface area (Å²) in [5.74, 6) is 0.492. The van der Waals surface area contributed by atoms with E-state index in [9.17, 15) is 4.79 Å². The van der Waals surface area contributed by atoms with Gasteiger partial charge in [0.05, 0.1) is 5.52 Å². The van der Waals surface area contributed by atoms with E-state index in [2.05, 4.69) is 10.3 Å². The molecule has 4 heteroatoms. The number of hydrogen-bond acceptors (Lipinski definition) is 3. The molecule has 1 N–H and O–H groups in total. The van der Waals surface area contributed by atoms with Crippen LogP contribution < -0.4 is 10.1 Å². The molecule has 0 fully saturated rings. The smallest absolute Gasteiger partial charge is 0.409 e. The molecule has 3 aromatic rings. The Bertz CT molecular complexity index is 794. The van der Waals surface area contributed by atoms with Gasteiger partial charge in [0, 0.05) is 17.3 Å². The number of pyridine rings is 1. The van der Waals surface area contributed by atoms with Crippen molar-refractivity contribution in [1.82, 2.24) is 4.98 Å². The minimum atomic E-state index is -0.513. The molecule has 0 unspecified atom stereocenters. The van der Waals surface area contributed by atoms with Gasteiger partial charge in [-0.2, -0.15) is 0 Å². The third-order valence-corrected chi connectivity index (χ3v) is 3.19. The van der Waals surface area contributed by atoms with Crippen LogP contribution in [0.1, 0.15) is 5.56 Å². The summed E-state index contributed by atoms with van der Waals surface area (Å²) in [6.07, 6.45) is 1.11. The lowest BCUT2D eigenvalue weighted by Crippen LogP contribution is -2.17. The Morgan fingerprint density at radius 1 is 1.05 bits per heavy atom. The van der Waals surface area contributed by atoms with Gasteiger partial charge in [-0.15, -0.1) is 0 Å². The van der Waals surface area contributed by atoms with E-state index in [1.165, 1.54) is 0 Å². The van der Waals surface area contributed by atoms with Gasteiger partial charge in [-0.25, -0.2) is 4.79 Å². The first-order chi connectivity index (χ1) is 10.2. The lowest BCUT2D eigenvalue weighted by Gasteiger charge is -2.10. The van der Waals surface area contributed by atoms with Crippen LogP contribution in [-0.2, 0) is 0 Å². The van der Waals surface area contributed by atoms with Gasteiger partial charge in [-0.3, -0.25) is 10.3 Å². The molecule has 0 atom stereocenters. The first-order valence-corrected chi connectivity index (χ1v) is 6.62. The van der Waals surface area contributed by atoms with Crippen LogP contribution in [0.15, 0.2) is 60.8 Å². The molecule has 1 heterocycles. The van der Waals surface area contributed by atoms with Gasteiger partial charge in [0.15, 0.2) is 0 Å². The minimum absolute atomic E-state index is 0.492. The number of fused-ring (bicyclic) bond motifs is 1. The monoisotopic (exact) mass is 278 g/mol. The number of nitrogens with one attached hydrogen (secondary N) is 1. The number of anilines is 1. The highest BCUT2D eigenvalue weighted by Crippen LogP contribution is 2.24. The average molecular weight is 278 g/mol. The molecule has 0 bridgehead atoms. The zero-order chi connectivity index (χ0) is 14.7. The van der Waals surface area contributed by atoms with Crippen LogP contribution in [0.3, 0.4) is 0 Å². The highest BCUT2D eigenvalue weighted by atomic mass is 16.6. The number of nitrogens with zero attached hydrogens (tertiary/aromatic N) is 1. The van der Waals surface area contributed by atoms with E-state index in [0.717, 1.165) is 22.2 Å². The number of para-hydroxylation sites is 2. The van der Waals surface area contributed by atoms with Gasteiger partial charge in [-0.1, -0.05) is 30.3 Å². The van der Waals surface area contributed by atoms with E-state index in [1.807, 2.05) is 55.5 Å². The van der Waals surface area contributed by atoms with Crippen molar-refractivity contribution in [1.29, 1.82) is 0 Å². The fraction of sp³-hybridized carbons (Fsp3) is 0.0588. The SMILES string of the molecule is Cc1ccccc1NC(=O)Oc1ccnc2ccccc12. The molecule has 0 radical (unpaired) electrons. The molecule has 0 aliphatic heterocycles. The van der Waals surface area contributed by atoms with Crippen molar-refractivity contribution in [2.75, 3.05) is 5.32 Å². The normalized spacial score (nSPS) is 10.3. The van der Waals surface area contributed by atoms with Crippen LogP contribution in [0.25, 0.3) is 10.9 Å². The highest BCUT2D eigenvalue weighted by Gasteiger charge is 2.09. The van der Waals surface area contributed by atoms with Gasteiger partial charge < -0.3 is 4.74 Å². The van der Waals surface area contributed by atoms with Gasteiger partial charge in [0.2, 0.25) is 0 Å². The van der Waals surface area contributed by atoms with Crippen molar-refractivity contribution in [3.05, 3.63) is 66.4 Å². The minimum Gasteiger partial charge on any atom is -0.409 e. The van der Waals surface area contributed by atoms with Crippen LogP contribution in [0.5, 0.6) is 5.75 Å². The Morgan fingerprint density at radius 2 is 1.81 bits per heavy atom. The number of aromatic nitrogens is 1. The van der Waals surface area contributed by atoms with Crippen molar-refractivity contribution in [2.24, 2.45) is 0 Å². The summed E-state index contributed by atoms with van der Waals surface area (Å²) >= 11 is 0. The fourth-order valence-corrected chi connectivity index (χ4v) is 2.11. The molecule has 0 saturated heterocycles. The molecule has 104 valence electrons. The molecule has 0 aliphatic carbocycles. The van der Waals surface area contributed by atoms with Crippen LogP contribution in [-0.4, -0.2) is 11.1 Å². The molecule has 1 aromatic heterocycles. The van der Waals surface area contributed by atoms with Gasteiger partial charge in [0.1, 0.15) is 5.75 Å². The molecule has 21 heavy (non-hydrogen) atoms. The molecule has 2 aromatic carbocycles. The standard InChI is InChI=1S/C17H14N2O2/c1-12-6-2-4-8-14(12)19-17(20)21-16-10-11-18-15-9-5-3-7-13(15)16/h2-11H,1H3,(H,19,20). The quantitative estimate of drug-likeness (QED) is 0.766. The Morgan fingerprint density at radius 3 is 2.67 bits per heavy atom. The predicted molar refractivity (Wildman–Crippen MR) is 82.6 cm³/mol. The summed E-state index contributed by atoms with van der Waals surface area (Å²) in [6.45, 7) is 1.93. The predicted octanol–water partition coefficient (Wildman–Crippen LogP) is 4.15. The maximum absolute atomic E-state index is 12.0. The van der Waals surface area contributed by atoms with E-state index < -0.39 is 6.09 Å². The summed E-state index contributed by atoms with van der Waals surface area (Å²) in [7, 11) is 0. The molecule has 3 rings (SSSR count). The number of ether oxygens (including phenoxy) is 1. The van der Waals surface area contributed by atoms with E-state index in [0.29, 0.717) is 5.75 Å². The molecular formula is C17H14N2O2. The molecule has 1 amide bonds. The molecular weight excluding hydrogens is 264 g/mol. The zero-order valence-corrected chi connectivity index (χ0v) is 11.5. The third-order valence-electron chi connectivity index (χ3n) is 3.19. The summed E-state index contributed by atoms with van der Waals surface area (Å²) in [5, 5.41) is 3.55. The maximum Gasteiger partial charge on any atom is 0.417 e. The second-order valence-electron chi connectivity index (χ2n) is 4.66. The molecule has 4 nitrogen and oxygen atoms in total.